The van der Waals surface area contributed by atoms with Crippen LogP contribution >= 0.6 is 0 Å². The SMILES string of the molecule is COC(=O)CC(=O)c1[nH]c(C)c(C(=O)OC)c1C. The first kappa shape index (κ1) is 14.0. The lowest BCUT2D eigenvalue weighted by molar-refractivity contribution is -0.139. The predicted molar refractivity (Wildman–Crippen MR) is 62.6 cm³/mol. The summed E-state index contributed by atoms with van der Waals surface area (Å²) in [4.78, 5) is 37.2. The fraction of sp³-hybridized carbons (Fsp3) is 0.417. The van der Waals surface area contributed by atoms with E-state index in [0.29, 0.717) is 16.8 Å². The number of carbonyl (C=O) groups is 3. The van der Waals surface area contributed by atoms with Gasteiger partial charge in [0, 0.05) is 5.69 Å². The van der Waals surface area contributed by atoms with Gasteiger partial charge in [0.25, 0.3) is 0 Å². The predicted octanol–water partition coefficient (Wildman–Crippen LogP) is 1.16. The van der Waals surface area contributed by atoms with Gasteiger partial charge in [-0.2, -0.15) is 0 Å². The van der Waals surface area contributed by atoms with Crippen molar-refractivity contribution in [1.82, 2.24) is 4.98 Å². The van der Waals surface area contributed by atoms with Crippen LogP contribution in [0, 0.1) is 13.8 Å². The van der Waals surface area contributed by atoms with E-state index in [-0.39, 0.29) is 12.1 Å². The molecule has 1 aromatic heterocycles. The van der Waals surface area contributed by atoms with E-state index in [1.807, 2.05) is 0 Å². The number of nitrogens with one attached hydrogen (secondary N) is 1. The Morgan fingerprint density at radius 1 is 1.11 bits per heavy atom. The summed E-state index contributed by atoms with van der Waals surface area (Å²) in [6, 6.07) is 0. The third-order valence-corrected chi connectivity index (χ3v) is 2.64. The Bertz CT molecular complexity index is 501. The zero-order valence-electron chi connectivity index (χ0n) is 10.7. The molecule has 0 bridgehead atoms. The lowest BCUT2D eigenvalue weighted by atomic mass is 10.1. The molecule has 0 radical (unpaired) electrons. The standard InChI is InChI=1S/C12H15NO5/c1-6-10(12(16)18-4)7(2)13-11(6)8(14)5-9(15)17-3/h13H,5H2,1-4H3. The first-order chi connectivity index (χ1) is 8.42. The lowest BCUT2D eigenvalue weighted by Gasteiger charge is -2.00. The Morgan fingerprint density at radius 3 is 2.22 bits per heavy atom. The van der Waals surface area contributed by atoms with Crippen LogP contribution in [0.3, 0.4) is 0 Å². The molecular formula is C12H15NO5. The highest BCUT2D eigenvalue weighted by Crippen LogP contribution is 2.20. The molecule has 6 nitrogen and oxygen atoms in total. The Morgan fingerprint density at radius 2 is 1.72 bits per heavy atom. The molecule has 0 atom stereocenters. The Labute approximate surface area is 104 Å². The molecule has 0 spiro atoms. The summed E-state index contributed by atoms with van der Waals surface area (Å²) >= 11 is 0. The summed E-state index contributed by atoms with van der Waals surface area (Å²) in [5.74, 6) is -1.55. The summed E-state index contributed by atoms with van der Waals surface area (Å²) in [6.45, 7) is 3.29. The number of ether oxygens (including phenoxy) is 2. The van der Waals surface area contributed by atoms with E-state index in [1.54, 1.807) is 13.8 Å². The van der Waals surface area contributed by atoms with E-state index in [9.17, 15) is 14.4 Å². The number of Topliss-reactive ketones (excluding diaryl/α,β-unsaturated/α-hetero) is 1. The van der Waals surface area contributed by atoms with Gasteiger partial charge < -0.3 is 14.5 Å². The van der Waals surface area contributed by atoms with Crippen LogP contribution in [-0.4, -0.2) is 36.9 Å². The molecule has 98 valence electrons. The fourth-order valence-corrected chi connectivity index (χ4v) is 1.73. The van der Waals surface area contributed by atoms with Gasteiger partial charge in [0.15, 0.2) is 5.78 Å². The number of aromatic amines is 1. The van der Waals surface area contributed by atoms with Gasteiger partial charge in [-0.3, -0.25) is 9.59 Å². The lowest BCUT2D eigenvalue weighted by Crippen LogP contribution is -2.11. The van der Waals surface area contributed by atoms with E-state index in [4.69, 9.17) is 0 Å². The van der Waals surface area contributed by atoms with Crippen LogP contribution in [0.15, 0.2) is 0 Å². The minimum Gasteiger partial charge on any atom is -0.469 e. The molecule has 0 fully saturated rings. The maximum absolute atomic E-state index is 11.8. The maximum atomic E-state index is 11.8. The van der Waals surface area contributed by atoms with Crippen molar-refractivity contribution in [2.45, 2.75) is 20.3 Å². The molecule has 1 heterocycles. The summed E-state index contributed by atoms with van der Waals surface area (Å²) in [7, 11) is 2.48. The zero-order valence-corrected chi connectivity index (χ0v) is 10.7. The fourth-order valence-electron chi connectivity index (χ4n) is 1.73. The molecule has 18 heavy (non-hydrogen) atoms. The van der Waals surface area contributed by atoms with Crippen molar-refractivity contribution in [2.75, 3.05) is 14.2 Å². The molecule has 6 heteroatoms. The highest BCUT2D eigenvalue weighted by Gasteiger charge is 2.23. The first-order valence-corrected chi connectivity index (χ1v) is 5.29. The smallest absolute Gasteiger partial charge is 0.339 e. The quantitative estimate of drug-likeness (QED) is 0.494. The number of rotatable bonds is 4. The Hall–Kier alpha value is -2.11. The van der Waals surface area contributed by atoms with Crippen molar-refractivity contribution < 1.29 is 23.9 Å². The number of aryl methyl sites for hydroxylation is 1. The molecule has 0 aliphatic carbocycles. The van der Waals surface area contributed by atoms with Crippen LogP contribution in [0.25, 0.3) is 0 Å². The van der Waals surface area contributed by atoms with Crippen molar-refractivity contribution in [3.63, 3.8) is 0 Å². The molecule has 0 saturated heterocycles. The average Bonchev–Trinajstić information content (AvgIpc) is 2.63. The van der Waals surface area contributed by atoms with Crippen molar-refractivity contribution in [3.05, 3.63) is 22.5 Å². The molecule has 1 aromatic rings. The summed E-state index contributed by atoms with van der Waals surface area (Å²) in [5.41, 5.74) is 1.57. The molecular weight excluding hydrogens is 238 g/mol. The average molecular weight is 253 g/mol. The van der Waals surface area contributed by atoms with Gasteiger partial charge in [-0.05, 0) is 19.4 Å². The van der Waals surface area contributed by atoms with Gasteiger partial charge in [-0.1, -0.05) is 0 Å². The number of H-pyrrole nitrogens is 1. The number of aromatic nitrogens is 1. The van der Waals surface area contributed by atoms with Crippen LogP contribution in [0.2, 0.25) is 0 Å². The van der Waals surface area contributed by atoms with Crippen LogP contribution in [0.1, 0.15) is 38.5 Å². The van der Waals surface area contributed by atoms with Gasteiger partial charge in [0.05, 0.1) is 25.5 Å². The Kier molecular flexibility index (Phi) is 4.25. The van der Waals surface area contributed by atoms with Crippen molar-refractivity contribution >= 4 is 17.7 Å². The second kappa shape index (κ2) is 5.48. The van der Waals surface area contributed by atoms with E-state index in [0.717, 1.165) is 0 Å². The van der Waals surface area contributed by atoms with Gasteiger partial charge in [0.1, 0.15) is 6.42 Å². The number of carbonyl (C=O) groups excluding carboxylic acids is 3. The summed E-state index contributed by atoms with van der Waals surface area (Å²) in [5, 5.41) is 0. The van der Waals surface area contributed by atoms with Crippen LogP contribution in [0.5, 0.6) is 0 Å². The molecule has 0 amide bonds. The largest absolute Gasteiger partial charge is 0.469 e. The van der Waals surface area contributed by atoms with Crippen molar-refractivity contribution in [3.8, 4) is 0 Å². The number of ketones is 1. The van der Waals surface area contributed by atoms with Gasteiger partial charge in [-0.15, -0.1) is 0 Å². The number of hydrogen-bond donors (Lipinski definition) is 1. The molecule has 1 rings (SSSR count). The molecule has 0 unspecified atom stereocenters. The van der Waals surface area contributed by atoms with E-state index < -0.39 is 17.7 Å². The normalized spacial score (nSPS) is 10.0. The molecule has 0 aliphatic rings. The molecule has 0 saturated carbocycles. The number of hydrogen-bond acceptors (Lipinski definition) is 5. The topological polar surface area (TPSA) is 85.5 Å². The number of methoxy groups -OCH3 is 2. The van der Waals surface area contributed by atoms with E-state index in [2.05, 4.69) is 14.5 Å². The molecule has 1 N–H and O–H groups in total. The molecule has 0 aromatic carbocycles. The third kappa shape index (κ3) is 2.58. The monoisotopic (exact) mass is 253 g/mol. The zero-order chi connectivity index (χ0) is 13.9. The maximum Gasteiger partial charge on any atom is 0.339 e. The summed E-state index contributed by atoms with van der Waals surface area (Å²) < 4.78 is 9.05. The van der Waals surface area contributed by atoms with Crippen LogP contribution < -0.4 is 0 Å². The highest BCUT2D eigenvalue weighted by atomic mass is 16.5. The second-order valence-corrected chi connectivity index (χ2v) is 3.79. The van der Waals surface area contributed by atoms with Crippen molar-refractivity contribution in [2.24, 2.45) is 0 Å². The summed E-state index contributed by atoms with van der Waals surface area (Å²) in [6.07, 6.45) is -0.363. The first-order valence-electron chi connectivity index (χ1n) is 5.29. The van der Waals surface area contributed by atoms with E-state index >= 15 is 0 Å². The molecule has 0 aliphatic heterocycles. The van der Waals surface area contributed by atoms with Crippen LogP contribution in [-0.2, 0) is 14.3 Å². The highest BCUT2D eigenvalue weighted by molar-refractivity contribution is 6.07. The van der Waals surface area contributed by atoms with Gasteiger partial charge in [-0.25, -0.2) is 4.79 Å². The minimum atomic E-state index is -0.619. The van der Waals surface area contributed by atoms with Crippen molar-refractivity contribution in [1.29, 1.82) is 0 Å². The van der Waals surface area contributed by atoms with Gasteiger partial charge >= 0.3 is 11.9 Å². The second-order valence-electron chi connectivity index (χ2n) is 3.79. The van der Waals surface area contributed by atoms with Crippen LogP contribution in [0.4, 0.5) is 0 Å². The van der Waals surface area contributed by atoms with Gasteiger partial charge in [0.2, 0.25) is 0 Å². The number of esters is 2. The van der Waals surface area contributed by atoms with E-state index in [1.165, 1.54) is 14.2 Å². The Balaban J connectivity index is 3.09. The third-order valence-electron chi connectivity index (χ3n) is 2.64. The minimum absolute atomic E-state index is 0.235.